The van der Waals surface area contributed by atoms with Gasteiger partial charge in [0.2, 0.25) is 5.91 Å². The van der Waals surface area contributed by atoms with Crippen LogP contribution in [-0.2, 0) is 14.3 Å². The van der Waals surface area contributed by atoms with Crippen LogP contribution in [0.15, 0.2) is 12.1 Å². The highest BCUT2D eigenvalue weighted by atomic mass is 16.6. The van der Waals surface area contributed by atoms with Gasteiger partial charge in [-0.25, -0.2) is 9.59 Å². The van der Waals surface area contributed by atoms with Crippen molar-refractivity contribution < 1.29 is 28.8 Å². The molecule has 1 aromatic rings. The monoisotopic (exact) mass is 296 g/mol. The molecule has 0 spiro atoms. The van der Waals surface area contributed by atoms with Gasteiger partial charge in [0.15, 0.2) is 0 Å². The van der Waals surface area contributed by atoms with Crippen LogP contribution in [0.1, 0.15) is 27.6 Å². The van der Waals surface area contributed by atoms with Gasteiger partial charge in [0.05, 0.1) is 24.7 Å². The molecule has 0 atom stereocenters. The summed E-state index contributed by atoms with van der Waals surface area (Å²) in [5.41, 5.74) is -1.65. The van der Waals surface area contributed by atoms with Gasteiger partial charge in [-0.15, -0.1) is 0 Å². The van der Waals surface area contributed by atoms with E-state index in [-0.39, 0.29) is 5.56 Å². The summed E-state index contributed by atoms with van der Waals surface area (Å²) >= 11 is 0. The highest BCUT2D eigenvalue weighted by molar-refractivity contribution is 6.11. The summed E-state index contributed by atoms with van der Waals surface area (Å²) in [6, 6.07) is 2.05. The van der Waals surface area contributed by atoms with E-state index < -0.39 is 39.7 Å². The summed E-state index contributed by atoms with van der Waals surface area (Å²) in [6.07, 6.45) is 0. The zero-order valence-electron chi connectivity index (χ0n) is 11.5. The lowest BCUT2D eigenvalue weighted by Gasteiger charge is -2.12. The van der Waals surface area contributed by atoms with E-state index in [2.05, 4.69) is 14.8 Å². The Hall–Kier alpha value is -2.97. The fourth-order valence-electron chi connectivity index (χ4n) is 1.64. The lowest BCUT2D eigenvalue weighted by molar-refractivity contribution is -0.384. The second kappa shape index (κ2) is 6.46. The van der Waals surface area contributed by atoms with Gasteiger partial charge in [-0.3, -0.25) is 14.9 Å². The van der Waals surface area contributed by atoms with Gasteiger partial charge in [-0.05, 0) is 6.07 Å². The van der Waals surface area contributed by atoms with Gasteiger partial charge < -0.3 is 14.8 Å². The molecule has 112 valence electrons. The zero-order chi connectivity index (χ0) is 16.2. The Labute approximate surface area is 119 Å². The zero-order valence-corrected chi connectivity index (χ0v) is 11.5. The summed E-state index contributed by atoms with van der Waals surface area (Å²) in [6.45, 7) is 1.11. The molecule has 9 nitrogen and oxygen atoms in total. The van der Waals surface area contributed by atoms with Crippen LogP contribution >= 0.6 is 0 Å². The number of nitro groups is 1. The second-order valence-electron chi connectivity index (χ2n) is 3.80. The molecule has 1 amide bonds. The number of hydrogen-bond donors (Lipinski definition) is 1. The fraction of sp³-hybridized carbons (Fsp3) is 0.250. The molecule has 0 aromatic heterocycles. The lowest BCUT2D eigenvalue weighted by Crippen LogP contribution is -2.18. The molecule has 0 heterocycles. The van der Waals surface area contributed by atoms with Crippen molar-refractivity contribution in [1.82, 2.24) is 0 Å². The van der Waals surface area contributed by atoms with Gasteiger partial charge in [0.1, 0.15) is 11.3 Å². The number of methoxy groups -OCH3 is 2. The predicted octanol–water partition coefficient (Wildman–Crippen LogP) is 1.13. The van der Waals surface area contributed by atoms with Crippen molar-refractivity contribution in [2.45, 2.75) is 6.92 Å². The van der Waals surface area contributed by atoms with Crippen LogP contribution in [0.5, 0.6) is 0 Å². The third kappa shape index (κ3) is 3.32. The number of benzene rings is 1. The topological polar surface area (TPSA) is 125 Å². The van der Waals surface area contributed by atoms with Crippen LogP contribution in [0.3, 0.4) is 0 Å². The quantitative estimate of drug-likeness (QED) is 0.501. The van der Waals surface area contributed by atoms with Crippen molar-refractivity contribution in [2.75, 3.05) is 19.5 Å². The Balaban J connectivity index is 3.72. The largest absolute Gasteiger partial charge is 0.465 e. The van der Waals surface area contributed by atoms with E-state index in [1.54, 1.807) is 0 Å². The van der Waals surface area contributed by atoms with Crippen molar-refractivity contribution >= 4 is 29.2 Å². The van der Waals surface area contributed by atoms with Crippen LogP contribution < -0.4 is 5.32 Å². The number of anilines is 1. The van der Waals surface area contributed by atoms with Crippen LogP contribution in [0.25, 0.3) is 0 Å². The molecule has 0 aliphatic heterocycles. The molecule has 21 heavy (non-hydrogen) atoms. The van der Waals surface area contributed by atoms with Crippen molar-refractivity contribution in [3.8, 4) is 0 Å². The predicted molar refractivity (Wildman–Crippen MR) is 70.1 cm³/mol. The number of nitrogens with zero attached hydrogens (tertiary/aromatic N) is 1. The maximum atomic E-state index is 11.8. The highest BCUT2D eigenvalue weighted by Gasteiger charge is 2.29. The van der Waals surface area contributed by atoms with Crippen molar-refractivity contribution in [1.29, 1.82) is 0 Å². The molecular weight excluding hydrogens is 284 g/mol. The third-order valence-electron chi connectivity index (χ3n) is 2.48. The SMILES string of the molecule is COC(=O)c1ccc([N+](=O)[O-])c(NC(C)=O)c1C(=O)OC. The first-order valence-electron chi connectivity index (χ1n) is 5.59. The van der Waals surface area contributed by atoms with Crippen molar-refractivity contribution in [2.24, 2.45) is 0 Å². The van der Waals surface area contributed by atoms with Gasteiger partial charge in [-0.2, -0.15) is 0 Å². The van der Waals surface area contributed by atoms with Gasteiger partial charge >= 0.3 is 11.9 Å². The van der Waals surface area contributed by atoms with Crippen LogP contribution in [0.2, 0.25) is 0 Å². The Bertz CT molecular complexity index is 624. The Morgan fingerprint density at radius 1 is 1.14 bits per heavy atom. The van der Waals surface area contributed by atoms with E-state index in [0.29, 0.717) is 0 Å². The second-order valence-corrected chi connectivity index (χ2v) is 3.80. The number of carbonyl (C=O) groups is 3. The highest BCUT2D eigenvalue weighted by Crippen LogP contribution is 2.32. The van der Waals surface area contributed by atoms with Gasteiger partial charge in [0.25, 0.3) is 5.69 Å². The molecule has 0 bridgehead atoms. The molecule has 1 aromatic carbocycles. The molecule has 9 heteroatoms. The van der Waals surface area contributed by atoms with E-state index in [9.17, 15) is 24.5 Å². The number of hydrogen-bond acceptors (Lipinski definition) is 7. The van der Waals surface area contributed by atoms with Crippen molar-refractivity contribution in [3.63, 3.8) is 0 Å². The molecule has 0 aliphatic rings. The average Bonchev–Trinajstić information content (AvgIpc) is 2.44. The molecule has 0 saturated heterocycles. The number of carbonyl (C=O) groups excluding carboxylic acids is 3. The Morgan fingerprint density at radius 2 is 1.71 bits per heavy atom. The standard InChI is InChI=1S/C12H12N2O7/c1-6(15)13-10-8(14(18)19)5-4-7(11(16)20-2)9(10)12(17)21-3/h4-5H,1-3H3,(H,13,15). The Morgan fingerprint density at radius 3 is 2.14 bits per heavy atom. The molecule has 0 fully saturated rings. The molecular formula is C12H12N2O7. The first-order chi connectivity index (χ1) is 9.83. The van der Waals surface area contributed by atoms with Gasteiger partial charge in [0, 0.05) is 13.0 Å². The molecule has 1 rings (SSSR count). The fourth-order valence-corrected chi connectivity index (χ4v) is 1.64. The summed E-state index contributed by atoms with van der Waals surface area (Å²) in [7, 11) is 2.13. The Kier molecular flexibility index (Phi) is 4.95. The summed E-state index contributed by atoms with van der Waals surface area (Å²) in [5.74, 6) is -2.55. The average molecular weight is 296 g/mol. The lowest BCUT2D eigenvalue weighted by atomic mass is 10.0. The molecule has 0 aliphatic carbocycles. The van der Waals surface area contributed by atoms with E-state index in [0.717, 1.165) is 33.3 Å². The minimum atomic E-state index is -1.01. The summed E-state index contributed by atoms with van der Waals surface area (Å²) < 4.78 is 9.01. The molecule has 1 N–H and O–H groups in total. The number of amides is 1. The first-order valence-corrected chi connectivity index (χ1v) is 5.59. The number of esters is 2. The number of ether oxygens (including phenoxy) is 2. The van der Waals surface area contributed by atoms with Crippen molar-refractivity contribution in [3.05, 3.63) is 33.4 Å². The number of nitrogens with one attached hydrogen (secondary N) is 1. The summed E-state index contributed by atoms with van der Waals surface area (Å²) in [4.78, 5) is 44.9. The minimum Gasteiger partial charge on any atom is -0.465 e. The van der Waals surface area contributed by atoms with E-state index >= 15 is 0 Å². The summed E-state index contributed by atoms with van der Waals surface area (Å²) in [5, 5.41) is 13.2. The third-order valence-corrected chi connectivity index (χ3v) is 2.48. The van der Waals surface area contributed by atoms with Crippen LogP contribution in [0, 0.1) is 10.1 Å². The number of nitro benzene ring substituents is 1. The minimum absolute atomic E-state index is 0.251. The normalized spacial score (nSPS) is 9.67. The molecule has 0 saturated carbocycles. The van der Waals surface area contributed by atoms with E-state index in [1.807, 2.05) is 0 Å². The van der Waals surface area contributed by atoms with Gasteiger partial charge in [-0.1, -0.05) is 0 Å². The van der Waals surface area contributed by atoms with E-state index in [1.165, 1.54) is 0 Å². The molecule has 0 radical (unpaired) electrons. The van der Waals surface area contributed by atoms with E-state index in [4.69, 9.17) is 0 Å². The maximum Gasteiger partial charge on any atom is 0.341 e. The number of rotatable bonds is 4. The van der Waals surface area contributed by atoms with Crippen LogP contribution in [-0.4, -0.2) is 37.0 Å². The van der Waals surface area contributed by atoms with Crippen LogP contribution in [0.4, 0.5) is 11.4 Å². The maximum absolute atomic E-state index is 11.8. The smallest absolute Gasteiger partial charge is 0.341 e. The molecule has 0 unspecified atom stereocenters. The first kappa shape index (κ1) is 16.1.